The van der Waals surface area contributed by atoms with Crippen molar-refractivity contribution in [3.05, 3.63) is 0 Å². The van der Waals surface area contributed by atoms with Gasteiger partial charge in [0.25, 0.3) is 0 Å². The molecule has 0 spiro atoms. The van der Waals surface area contributed by atoms with Crippen molar-refractivity contribution in [3.8, 4) is 0 Å². The highest BCUT2D eigenvalue weighted by Gasteiger charge is 2.33. The Hall–Kier alpha value is -0.570. The molecule has 3 heteroatoms. The maximum atomic E-state index is 10.4. The van der Waals surface area contributed by atoms with Crippen molar-refractivity contribution in [2.45, 2.75) is 96.5 Å². The maximum Gasteiger partial charge on any atom is 0.303 e. The van der Waals surface area contributed by atoms with E-state index in [1.807, 2.05) is 0 Å². The number of carbonyl (C=O) groups is 1. The Balaban J connectivity index is 2.13. The molecular weight excluding hydrogens is 264 g/mol. The summed E-state index contributed by atoms with van der Waals surface area (Å²) in [4.78, 5) is 10.4. The minimum absolute atomic E-state index is 0.0832. The summed E-state index contributed by atoms with van der Waals surface area (Å²) in [6.45, 7) is 2.24. The van der Waals surface area contributed by atoms with Crippen LogP contribution in [-0.2, 0) is 4.79 Å². The van der Waals surface area contributed by atoms with Crippen LogP contribution in [0.4, 0.5) is 0 Å². The van der Waals surface area contributed by atoms with Crippen LogP contribution in [0, 0.1) is 11.8 Å². The van der Waals surface area contributed by atoms with Crippen molar-refractivity contribution in [1.29, 1.82) is 0 Å². The Morgan fingerprint density at radius 1 is 0.952 bits per heavy atom. The molecule has 0 aromatic heterocycles. The average Bonchev–Trinajstić information content (AvgIpc) is 2.79. The van der Waals surface area contributed by atoms with Crippen molar-refractivity contribution in [1.82, 2.24) is 0 Å². The molecule has 0 amide bonds. The lowest BCUT2D eigenvalue weighted by Crippen LogP contribution is -2.19. The number of hydrogen-bond donors (Lipinski definition) is 2. The molecule has 3 atom stereocenters. The highest BCUT2D eigenvalue weighted by Crippen LogP contribution is 2.38. The number of carboxylic acid groups (broad SMARTS) is 1. The zero-order valence-electron chi connectivity index (χ0n) is 13.7. The summed E-state index contributed by atoms with van der Waals surface area (Å²) < 4.78 is 0. The van der Waals surface area contributed by atoms with Crippen LogP contribution in [-0.4, -0.2) is 22.3 Å². The maximum absolute atomic E-state index is 10.4. The smallest absolute Gasteiger partial charge is 0.303 e. The zero-order chi connectivity index (χ0) is 15.5. The fourth-order valence-corrected chi connectivity index (χ4v) is 3.76. The lowest BCUT2D eigenvalue weighted by molar-refractivity contribution is -0.137. The van der Waals surface area contributed by atoms with Crippen LogP contribution in [0.1, 0.15) is 90.4 Å². The monoisotopic (exact) mass is 298 g/mol. The predicted octanol–water partition coefficient (Wildman–Crippen LogP) is 4.77. The van der Waals surface area contributed by atoms with Gasteiger partial charge in [0.05, 0.1) is 6.10 Å². The first-order chi connectivity index (χ1) is 10.1. The highest BCUT2D eigenvalue weighted by atomic mass is 16.4. The van der Waals surface area contributed by atoms with Crippen molar-refractivity contribution in [2.75, 3.05) is 0 Å². The third kappa shape index (κ3) is 7.85. The first kappa shape index (κ1) is 18.5. The van der Waals surface area contributed by atoms with Gasteiger partial charge in [-0.15, -0.1) is 0 Å². The lowest BCUT2D eigenvalue weighted by Gasteiger charge is -2.22. The van der Waals surface area contributed by atoms with Crippen LogP contribution in [0.3, 0.4) is 0 Å². The van der Waals surface area contributed by atoms with Crippen molar-refractivity contribution >= 4 is 5.97 Å². The van der Waals surface area contributed by atoms with Crippen LogP contribution >= 0.6 is 0 Å². The van der Waals surface area contributed by atoms with E-state index in [2.05, 4.69) is 6.92 Å². The fraction of sp³-hybridized carbons (Fsp3) is 0.944. The number of aliphatic hydroxyl groups excluding tert-OH is 1. The molecule has 21 heavy (non-hydrogen) atoms. The van der Waals surface area contributed by atoms with Gasteiger partial charge in [-0.25, -0.2) is 0 Å². The van der Waals surface area contributed by atoms with E-state index in [1.54, 1.807) is 0 Å². The number of aliphatic hydroxyl groups is 1. The summed E-state index contributed by atoms with van der Waals surface area (Å²) in [5.41, 5.74) is 0. The quantitative estimate of drug-likeness (QED) is 0.510. The Morgan fingerprint density at radius 3 is 2.33 bits per heavy atom. The minimum atomic E-state index is -0.687. The molecule has 1 fully saturated rings. The van der Waals surface area contributed by atoms with E-state index in [0.29, 0.717) is 12.3 Å². The van der Waals surface area contributed by atoms with E-state index in [1.165, 1.54) is 38.5 Å². The molecule has 0 saturated heterocycles. The van der Waals surface area contributed by atoms with Crippen molar-refractivity contribution < 1.29 is 15.0 Å². The number of unbranched alkanes of at least 4 members (excludes halogenated alkanes) is 6. The minimum Gasteiger partial charge on any atom is -0.481 e. The zero-order valence-corrected chi connectivity index (χ0v) is 13.7. The predicted molar refractivity (Wildman–Crippen MR) is 86.3 cm³/mol. The van der Waals surface area contributed by atoms with E-state index in [-0.39, 0.29) is 6.10 Å². The van der Waals surface area contributed by atoms with Crippen molar-refractivity contribution in [3.63, 3.8) is 0 Å². The Morgan fingerprint density at radius 2 is 1.62 bits per heavy atom. The Kier molecular flexibility index (Phi) is 9.73. The molecule has 0 aliphatic heterocycles. The topological polar surface area (TPSA) is 57.5 Å². The molecule has 0 bridgehead atoms. The van der Waals surface area contributed by atoms with Crippen LogP contribution in [0.2, 0.25) is 0 Å². The molecular formula is C18H34O3. The molecule has 3 nitrogen and oxygen atoms in total. The molecule has 124 valence electrons. The molecule has 1 saturated carbocycles. The largest absolute Gasteiger partial charge is 0.481 e. The number of hydrogen-bond acceptors (Lipinski definition) is 2. The second-order valence-electron chi connectivity index (χ2n) is 6.76. The van der Waals surface area contributed by atoms with E-state index < -0.39 is 5.97 Å². The van der Waals surface area contributed by atoms with Gasteiger partial charge in [-0.2, -0.15) is 0 Å². The summed E-state index contributed by atoms with van der Waals surface area (Å²) in [6, 6.07) is 0. The number of carboxylic acids is 1. The number of rotatable bonds is 12. The third-order valence-corrected chi connectivity index (χ3v) is 5.04. The summed E-state index contributed by atoms with van der Waals surface area (Å²) >= 11 is 0. The van der Waals surface area contributed by atoms with Gasteiger partial charge in [0, 0.05) is 6.42 Å². The SMILES string of the molecule is CCCCCC[C@@H]1CC[C@H](O)[C@H]1CCCCCCC(=O)O. The number of aliphatic carboxylic acids is 1. The fourth-order valence-electron chi connectivity index (χ4n) is 3.76. The molecule has 1 aliphatic rings. The van der Waals surface area contributed by atoms with Gasteiger partial charge in [-0.1, -0.05) is 58.3 Å². The van der Waals surface area contributed by atoms with Gasteiger partial charge in [-0.3, -0.25) is 4.79 Å². The summed E-state index contributed by atoms with van der Waals surface area (Å²) in [6.07, 6.45) is 14.2. The highest BCUT2D eigenvalue weighted by molar-refractivity contribution is 5.66. The van der Waals surface area contributed by atoms with Crippen LogP contribution in [0.25, 0.3) is 0 Å². The van der Waals surface area contributed by atoms with Crippen LogP contribution < -0.4 is 0 Å². The molecule has 1 rings (SSSR count). The van der Waals surface area contributed by atoms with Crippen LogP contribution in [0.5, 0.6) is 0 Å². The third-order valence-electron chi connectivity index (χ3n) is 5.04. The van der Waals surface area contributed by atoms with Gasteiger partial charge < -0.3 is 10.2 Å². The molecule has 0 unspecified atom stereocenters. The summed E-state index contributed by atoms with van der Waals surface area (Å²) in [7, 11) is 0. The van der Waals surface area contributed by atoms with Crippen LogP contribution in [0.15, 0.2) is 0 Å². The average molecular weight is 298 g/mol. The van der Waals surface area contributed by atoms with E-state index >= 15 is 0 Å². The first-order valence-electron chi connectivity index (χ1n) is 9.05. The van der Waals surface area contributed by atoms with Gasteiger partial charge >= 0.3 is 5.97 Å². The molecule has 0 radical (unpaired) electrons. The molecule has 1 aliphatic carbocycles. The molecule has 2 N–H and O–H groups in total. The van der Waals surface area contributed by atoms with Gasteiger partial charge in [0.2, 0.25) is 0 Å². The molecule has 0 aromatic carbocycles. The second-order valence-corrected chi connectivity index (χ2v) is 6.76. The second kappa shape index (κ2) is 11.1. The molecule has 0 aromatic rings. The van der Waals surface area contributed by atoms with Gasteiger partial charge in [-0.05, 0) is 37.5 Å². The Bertz CT molecular complexity index is 278. The molecule has 0 heterocycles. The summed E-state index contributed by atoms with van der Waals surface area (Å²) in [5, 5.41) is 18.8. The van der Waals surface area contributed by atoms with E-state index in [0.717, 1.165) is 44.4 Å². The normalized spacial score (nSPS) is 25.3. The Labute approximate surface area is 130 Å². The van der Waals surface area contributed by atoms with Crippen molar-refractivity contribution in [2.24, 2.45) is 11.8 Å². The standard InChI is InChI=1S/C18H34O3/c1-2-3-4-7-10-15-13-14-17(19)16(15)11-8-5-6-9-12-18(20)21/h15-17,19H,2-14H2,1H3,(H,20,21)/t15-,16+,17+/m1/s1. The van der Waals surface area contributed by atoms with Gasteiger partial charge in [0.15, 0.2) is 0 Å². The van der Waals surface area contributed by atoms with E-state index in [9.17, 15) is 9.90 Å². The van der Waals surface area contributed by atoms with E-state index in [4.69, 9.17) is 5.11 Å². The lowest BCUT2D eigenvalue weighted by atomic mass is 9.86. The summed E-state index contributed by atoms with van der Waals surface area (Å²) in [5.74, 6) is 0.551. The van der Waals surface area contributed by atoms with Gasteiger partial charge in [0.1, 0.15) is 0 Å². The first-order valence-corrected chi connectivity index (χ1v) is 9.05.